The Balaban J connectivity index is 1.54. The first kappa shape index (κ1) is 30.8. The molecule has 1 saturated heterocycles. The Hall–Kier alpha value is -3.17. The van der Waals surface area contributed by atoms with E-state index in [-0.39, 0.29) is 29.7 Å². The number of halogens is 1. The molecule has 218 valence electrons. The molecule has 0 spiro atoms. The Morgan fingerprint density at radius 3 is 2.15 bits per heavy atom. The highest BCUT2D eigenvalue weighted by molar-refractivity contribution is 9.10. The fourth-order valence-electron chi connectivity index (χ4n) is 5.53. The number of carbonyl (C=O) groups excluding carboxylic acids is 2. The summed E-state index contributed by atoms with van der Waals surface area (Å²) in [5.41, 5.74) is 4.26. The number of aryl methyl sites for hydroxylation is 3. The molecular formula is C32H38BrN3O4S. The molecule has 1 aliphatic heterocycles. The van der Waals surface area contributed by atoms with Crippen molar-refractivity contribution in [3.63, 3.8) is 0 Å². The summed E-state index contributed by atoms with van der Waals surface area (Å²) in [6.45, 7) is 11.4. The smallest absolute Gasteiger partial charge is 0.264 e. The van der Waals surface area contributed by atoms with Crippen LogP contribution in [-0.4, -0.2) is 44.8 Å². The molecule has 3 aromatic rings. The molecule has 41 heavy (non-hydrogen) atoms. The van der Waals surface area contributed by atoms with Crippen LogP contribution in [0, 0.1) is 32.6 Å². The molecule has 1 aliphatic rings. The summed E-state index contributed by atoms with van der Waals surface area (Å²) in [6.07, 6.45) is 1.04. The SMILES string of the molecule is Cc1cc(C)cc(N(CCC(=O)Nc2cc(C(=O)N3CC(C)CC(C)C3)ccc2C)S(=O)(=O)c2ccc(Br)cc2)c1. The second-order valence-corrected chi connectivity index (χ2v) is 14.1. The first-order valence-corrected chi connectivity index (χ1v) is 16.1. The van der Waals surface area contributed by atoms with Gasteiger partial charge in [0.1, 0.15) is 0 Å². The van der Waals surface area contributed by atoms with Crippen molar-refractivity contribution >= 4 is 49.1 Å². The molecule has 1 N–H and O–H groups in total. The molecular weight excluding hydrogens is 602 g/mol. The molecule has 2 amide bonds. The first-order chi connectivity index (χ1) is 19.3. The van der Waals surface area contributed by atoms with Crippen molar-refractivity contribution in [3.8, 4) is 0 Å². The number of nitrogens with zero attached hydrogens (tertiary/aromatic N) is 2. The Morgan fingerprint density at radius 1 is 0.927 bits per heavy atom. The molecule has 3 aromatic carbocycles. The lowest BCUT2D eigenvalue weighted by molar-refractivity contribution is -0.116. The predicted octanol–water partition coefficient (Wildman–Crippen LogP) is 6.72. The minimum Gasteiger partial charge on any atom is -0.338 e. The zero-order valence-electron chi connectivity index (χ0n) is 24.3. The average molecular weight is 641 g/mol. The van der Waals surface area contributed by atoms with Gasteiger partial charge in [0.05, 0.1) is 10.6 Å². The number of benzene rings is 3. The third-order valence-electron chi connectivity index (χ3n) is 7.35. The molecule has 0 aliphatic carbocycles. The summed E-state index contributed by atoms with van der Waals surface area (Å²) >= 11 is 3.36. The van der Waals surface area contributed by atoms with Gasteiger partial charge in [0.2, 0.25) is 5.91 Å². The van der Waals surface area contributed by atoms with Crippen molar-refractivity contribution in [1.29, 1.82) is 0 Å². The van der Waals surface area contributed by atoms with Gasteiger partial charge >= 0.3 is 0 Å². The number of anilines is 2. The van der Waals surface area contributed by atoms with Crippen molar-refractivity contribution in [1.82, 2.24) is 4.90 Å². The largest absolute Gasteiger partial charge is 0.338 e. The number of carbonyl (C=O) groups is 2. The summed E-state index contributed by atoms with van der Waals surface area (Å²) in [7, 11) is -3.94. The normalized spacial score (nSPS) is 17.3. The number of hydrogen-bond donors (Lipinski definition) is 1. The van der Waals surface area contributed by atoms with Gasteiger partial charge in [-0.25, -0.2) is 8.42 Å². The first-order valence-electron chi connectivity index (χ1n) is 13.9. The molecule has 7 nitrogen and oxygen atoms in total. The van der Waals surface area contributed by atoms with Crippen LogP contribution < -0.4 is 9.62 Å². The molecule has 0 bridgehead atoms. The van der Waals surface area contributed by atoms with E-state index in [9.17, 15) is 18.0 Å². The van der Waals surface area contributed by atoms with Crippen molar-refractivity contribution in [2.24, 2.45) is 11.8 Å². The molecule has 0 radical (unpaired) electrons. The molecule has 1 fully saturated rings. The van der Waals surface area contributed by atoms with Gasteiger partial charge in [-0.3, -0.25) is 13.9 Å². The number of hydrogen-bond acceptors (Lipinski definition) is 4. The van der Waals surface area contributed by atoms with Gasteiger partial charge in [-0.15, -0.1) is 0 Å². The molecule has 2 atom stereocenters. The lowest BCUT2D eigenvalue weighted by Crippen LogP contribution is -2.42. The highest BCUT2D eigenvalue weighted by Gasteiger charge is 2.28. The fourth-order valence-corrected chi connectivity index (χ4v) is 7.25. The monoisotopic (exact) mass is 639 g/mol. The summed E-state index contributed by atoms with van der Waals surface area (Å²) in [5.74, 6) is 0.515. The standard InChI is InChI=1S/C32H38BrN3O4S/c1-21-14-22(2)17-28(16-21)36(41(39,40)29-10-8-27(33)9-11-29)13-12-31(37)34-30-18-26(7-6-25(30)5)32(38)35-19-23(3)15-24(4)20-35/h6-11,14,16-18,23-24H,12-13,15,19-20H2,1-5H3,(H,34,37). The maximum Gasteiger partial charge on any atom is 0.264 e. The minimum atomic E-state index is -3.94. The maximum atomic E-state index is 13.7. The molecule has 0 aromatic heterocycles. The van der Waals surface area contributed by atoms with E-state index < -0.39 is 10.0 Å². The quantitative estimate of drug-likeness (QED) is 0.296. The third-order valence-corrected chi connectivity index (χ3v) is 9.72. The molecule has 1 heterocycles. The molecule has 0 saturated carbocycles. The van der Waals surface area contributed by atoms with Crippen LogP contribution in [0.5, 0.6) is 0 Å². The van der Waals surface area contributed by atoms with Crippen LogP contribution in [0.25, 0.3) is 0 Å². The van der Waals surface area contributed by atoms with Crippen LogP contribution >= 0.6 is 15.9 Å². The van der Waals surface area contributed by atoms with Gasteiger partial charge in [0.15, 0.2) is 0 Å². The topological polar surface area (TPSA) is 86.8 Å². The van der Waals surface area contributed by atoms with Crippen LogP contribution in [0.2, 0.25) is 0 Å². The van der Waals surface area contributed by atoms with Crippen molar-refractivity contribution in [2.75, 3.05) is 29.3 Å². The van der Waals surface area contributed by atoms with E-state index in [1.807, 2.05) is 49.9 Å². The zero-order valence-corrected chi connectivity index (χ0v) is 26.7. The van der Waals surface area contributed by atoms with E-state index in [1.165, 1.54) is 4.31 Å². The number of sulfonamides is 1. The van der Waals surface area contributed by atoms with E-state index in [4.69, 9.17) is 0 Å². The summed E-state index contributed by atoms with van der Waals surface area (Å²) in [4.78, 5) is 28.5. The highest BCUT2D eigenvalue weighted by atomic mass is 79.9. The second kappa shape index (κ2) is 12.8. The summed E-state index contributed by atoms with van der Waals surface area (Å²) in [6, 6.07) is 17.4. The van der Waals surface area contributed by atoms with Gasteiger partial charge in [0.25, 0.3) is 15.9 Å². The van der Waals surface area contributed by atoms with E-state index in [2.05, 4.69) is 35.1 Å². The number of nitrogens with one attached hydrogen (secondary N) is 1. The molecule has 4 rings (SSSR count). The van der Waals surface area contributed by atoms with Gasteiger partial charge in [-0.05, 0) is 104 Å². The highest BCUT2D eigenvalue weighted by Crippen LogP contribution is 2.28. The zero-order chi connectivity index (χ0) is 29.9. The lowest BCUT2D eigenvalue weighted by Gasteiger charge is -2.35. The molecule has 9 heteroatoms. The Morgan fingerprint density at radius 2 is 1.54 bits per heavy atom. The number of rotatable bonds is 8. The Labute approximate surface area is 252 Å². The van der Waals surface area contributed by atoms with Gasteiger partial charge in [0, 0.05) is 41.8 Å². The predicted molar refractivity (Wildman–Crippen MR) is 168 cm³/mol. The number of piperidine rings is 1. The summed E-state index contributed by atoms with van der Waals surface area (Å²) < 4.78 is 29.6. The van der Waals surface area contributed by atoms with Crippen LogP contribution in [0.4, 0.5) is 11.4 Å². The van der Waals surface area contributed by atoms with Crippen molar-refractivity contribution in [2.45, 2.75) is 52.4 Å². The van der Waals surface area contributed by atoms with Crippen LogP contribution in [0.3, 0.4) is 0 Å². The second-order valence-electron chi connectivity index (χ2n) is 11.4. The maximum absolute atomic E-state index is 13.7. The van der Waals surface area contributed by atoms with Crippen LogP contribution in [0.1, 0.15) is 53.7 Å². The number of likely N-dealkylation sites (tertiary alicyclic amines) is 1. The number of amides is 2. The third kappa shape index (κ3) is 7.57. The Kier molecular flexibility index (Phi) is 9.59. The van der Waals surface area contributed by atoms with Crippen LogP contribution in [0.15, 0.2) is 70.0 Å². The minimum absolute atomic E-state index is 0.0412. The van der Waals surface area contributed by atoms with Gasteiger partial charge < -0.3 is 10.2 Å². The van der Waals surface area contributed by atoms with E-state index in [0.29, 0.717) is 28.8 Å². The van der Waals surface area contributed by atoms with E-state index in [0.717, 1.165) is 40.7 Å². The van der Waals surface area contributed by atoms with Crippen molar-refractivity contribution < 1.29 is 18.0 Å². The van der Waals surface area contributed by atoms with Gasteiger partial charge in [-0.2, -0.15) is 0 Å². The van der Waals surface area contributed by atoms with Crippen molar-refractivity contribution in [3.05, 3.63) is 87.4 Å². The van der Waals surface area contributed by atoms with Gasteiger partial charge in [-0.1, -0.05) is 41.9 Å². The lowest BCUT2D eigenvalue weighted by atomic mass is 9.91. The van der Waals surface area contributed by atoms with Crippen LogP contribution in [-0.2, 0) is 14.8 Å². The van der Waals surface area contributed by atoms with E-state index in [1.54, 1.807) is 36.4 Å². The van der Waals surface area contributed by atoms with E-state index >= 15 is 0 Å². The average Bonchev–Trinajstić information content (AvgIpc) is 2.88. The fraction of sp³-hybridized carbons (Fsp3) is 0.375. The molecule has 2 unspecified atom stereocenters. The summed E-state index contributed by atoms with van der Waals surface area (Å²) in [5, 5.41) is 2.92. The Bertz CT molecular complexity index is 1510.